The van der Waals surface area contributed by atoms with Crippen LogP contribution in [0.5, 0.6) is 0 Å². The fraction of sp³-hybridized carbons (Fsp3) is 0.0588. The topological polar surface area (TPSA) is 50.2 Å². The van der Waals surface area contributed by atoms with Crippen LogP contribution in [-0.4, -0.2) is 16.1 Å². The monoisotopic (exact) mass is 373 g/mol. The van der Waals surface area contributed by atoms with Crippen LogP contribution >= 0.6 is 27.3 Å². The molecule has 0 amide bonds. The second kappa shape index (κ2) is 6.42. The van der Waals surface area contributed by atoms with Gasteiger partial charge in [0.15, 0.2) is 0 Å². The molecule has 0 fully saturated rings. The van der Waals surface area contributed by atoms with Gasteiger partial charge >= 0.3 is 5.97 Å². The molecule has 0 saturated carbocycles. The Balaban J connectivity index is 2.09. The zero-order valence-corrected chi connectivity index (χ0v) is 13.9. The third-order valence-electron chi connectivity index (χ3n) is 3.15. The maximum Gasteiger partial charge on any atom is 0.308 e. The van der Waals surface area contributed by atoms with Crippen molar-refractivity contribution in [3.05, 3.63) is 63.9 Å². The molecule has 0 bridgehead atoms. The van der Waals surface area contributed by atoms with Crippen molar-refractivity contribution >= 4 is 33.2 Å². The van der Waals surface area contributed by atoms with Crippen LogP contribution in [0, 0.1) is 0 Å². The number of hydrogen-bond acceptors (Lipinski definition) is 3. The molecule has 1 N–H and O–H groups in total. The first-order valence-electron chi connectivity index (χ1n) is 6.66. The zero-order chi connectivity index (χ0) is 15.5. The van der Waals surface area contributed by atoms with Crippen LogP contribution < -0.4 is 0 Å². The van der Waals surface area contributed by atoms with Crippen molar-refractivity contribution in [1.29, 1.82) is 0 Å². The van der Waals surface area contributed by atoms with E-state index < -0.39 is 5.97 Å². The molecule has 3 nitrogen and oxygen atoms in total. The molecule has 2 aromatic carbocycles. The average molecular weight is 374 g/mol. The summed E-state index contributed by atoms with van der Waals surface area (Å²) in [7, 11) is 0. The maximum atomic E-state index is 11.1. The number of nitrogens with zero attached hydrogens (tertiary/aromatic N) is 1. The Bertz CT molecular complexity index is 797. The number of aliphatic carboxylic acids is 1. The van der Waals surface area contributed by atoms with Crippen molar-refractivity contribution in [3.63, 3.8) is 0 Å². The smallest absolute Gasteiger partial charge is 0.308 e. The Morgan fingerprint density at radius 1 is 1.05 bits per heavy atom. The molecule has 22 heavy (non-hydrogen) atoms. The minimum Gasteiger partial charge on any atom is -0.481 e. The average Bonchev–Trinajstić information content (AvgIpc) is 2.92. The number of benzene rings is 2. The normalized spacial score (nSPS) is 10.6. The van der Waals surface area contributed by atoms with E-state index in [0.717, 1.165) is 31.2 Å². The summed E-state index contributed by atoms with van der Waals surface area (Å²) in [5.41, 5.74) is 2.68. The largest absolute Gasteiger partial charge is 0.481 e. The number of hydrogen-bond donors (Lipinski definition) is 1. The molecular formula is C17H12BrNO2S. The van der Waals surface area contributed by atoms with Gasteiger partial charge in [-0.05, 0) is 12.1 Å². The Morgan fingerprint density at radius 3 is 2.36 bits per heavy atom. The predicted octanol–water partition coefficient (Wildman–Crippen LogP) is 4.87. The van der Waals surface area contributed by atoms with Crippen molar-refractivity contribution in [2.75, 3.05) is 0 Å². The second-order valence-corrected chi connectivity index (χ2v) is 6.73. The van der Waals surface area contributed by atoms with Gasteiger partial charge in [0.25, 0.3) is 0 Å². The highest BCUT2D eigenvalue weighted by molar-refractivity contribution is 9.10. The first-order valence-corrected chi connectivity index (χ1v) is 8.27. The molecule has 0 unspecified atom stereocenters. The SMILES string of the molecule is O=C(O)Cc1sc(-c2ccccc2)nc1-c1ccc(Br)cc1. The molecule has 0 saturated heterocycles. The molecule has 0 aliphatic carbocycles. The molecule has 3 rings (SSSR count). The predicted molar refractivity (Wildman–Crippen MR) is 92.0 cm³/mol. The summed E-state index contributed by atoms with van der Waals surface area (Å²) >= 11 is 4.84. The maximum absolute atomic E-state index is 11.1. The van der Waals surface area contributed by atoms with E-state index in [4.69, 9.17) is 5.11 Å². The number of thiazole rings is 1. The lowest BCUT2D eigenvalue weighted by Crippen LogP contribution is -1.99. The molecule has 0 aliphatic heterocycles. The minimum absolute atomic E-state index is 0.0180. The van der Waals surface area contributed by atoms with Crippen LogP contribution in [0.2, 0.25) is 0 Å². The summed E-state index contributed by atoms with van der Waals surface area (Å²) < 4.78 is 0.981. The molecule has 0 aliphatic rings. The van der Waals surface area contributed by atoms with Gasteiger partial charge in [-0.25, -0.2) is 4.98 Å². The third kappa shape index (κ3) is 3.26. The molecule has 3 aromatic rings. The van der Waals surface area contributed by atoms with Crippen LogP contribution in [0.3, 0.4) is 0 Å². The van der Waals surface area contributed by atoms with Gasteiger partial charge in [0, 0.05) is 20.5 Å². The highest BCUT2D eigenvalue weighted by Gasteiger charge is 2.16. The standard InChI is InChI=1S/C17H12BrNO2S/c18-13-8-6-11(7-9-13)16-14(10-15(20)21)22-17(19-16)12-4-2-1-3-5-12/h1-9H,10H2,(H,20,21). The lowest BCUT2D eigenvalue weighted by atomic mass is 10.1. The summed E-state index contributed by atoms with van der Waals surface area (Å²) in [5.74, 6) is -0.846. The van der Waals surface area contributed by atoms with Gasteiger partial charge in [0.05, 0.1) is 12.1 Å². The number of halogens is 1. The molecule has 0 spiro atoms. The summed E-state index contributed by atoms with van der Waals surface area (Å²) in [5, 5.41) is 9.98. The van der Waals surface area contributed by atoms with Crippen molar-refractivity contribution in [1.82, 2.24) is 4.98 Å². The van der Waals surface area contributed by atoms with Gasteiger partial charge in [-0.1, -0.05) is 58.4 Å². The van der Waals surface area contributed by atoms with E-state index in [1.54, 1.807) is 0 Å². The molecule has 110 valence electrons. The van der Waals surface area contributed by atoms with E-state index >= 15 is 0 Å². The number of carboxylic acid groups (broad SMARTS) is 1. The van der Waals surface area contributed by atoms with E-state index in [9.17, 15) is 4.79 Å². The Hall–Kier alpha value is -1.98. The van der Waals surface area contributed by atoms with Crippen molar-refractivity contribution in [2.45, 2.75) is 6.42 Å². The molecule has 1 heterocycles. The van der Waals surface area contributed by atoms with Crippen LogP contribution in [0.25, 0.3) is 21.8 Å². The van der Waals surface area contributed by atoms with Gasteiger partial charge in [-0.3, -0.25) is 4.79 Å². The van der Waals surface area contributed by atoms with Crippen molar-refractivity contribution in [2.24, 2.45) is 0 Å². The van der Waals surface area contributed by atoms with Gasteiger partial charge in [-0.15, -0.1) is 11.3 Å². The minimum atomic E-state index is -0.846. The van der Waals surface area contributed by atoms with E-state index in [-0.39, 0.29) is 6.42 Å². The Labute approximate surface area is 140 Å². The second-order valence-electron chi connectivity index (χ2n) is 4.73. The van der Waals surface area contributed by atoms with Crippen LogP contribution in [0.15, 0.2) is 59.1 Å². The summed E-state index contributed by atoms with van der Waals surface area (Å²) in [6.45, 7) is 0. The van der Waals surface area contributed by atoms with Gasteiger partial charge in [0.2, 0.25) is 0 Å². The fourth-order valence-electron chi connectivity index (χ4n) is 2.15. The molecule has 5 heteroatoms. The van der Waals surface area contributed by atoms with Crippen LogP contribution in [-0.2, 0) is 11.2 Å². The van der Waals surface area contributed by atoms with E-state index in [2.05, 4.69) is 20.9 Å². The fourth-order valence-corrected chi connectivity index (χ4v) is 3.49. The van der Waals surface area contributed by atoms with E-state index in [1.165, 1.54) is 11.3 Å². The summed E-state index contributed by atoms with van der Waals surface area (Å²) in [4.78, 5) is 16.6. The molecule has 1 aromatic heterocycles. The highest BCUT2D eigenvalue weighted by Crippen LogP contribution is 2.34. The van der Waals surface area contributed by atoms with Crippen molar-refractivity contribution in [3.8, 4) is 21.8 Å². The van der Waals surface area contributed by atoms with E-state index in [0.29, 0.717) is 0 Å². The molecular weight excluding hydrogens is 362 g/mol. The Morgan fingerprint density at radius 2 is 1.73 bits per heavy atom. The quantitative estimate of drug-likeness (QED) is 0.709. The van der Waals surface area contributed by atoms with Crippen LogP contribution in [0.1, 0.15) is 4.88 Å². The first-order chi connectivity index (χ1) is 10.6. The van der Waals surface area contributed by atoms with Gasteiger partial charge in [0.1, 0.15) is 5.01 Å². The Kier molecular flexibility index (Phi) is 4.36. The summed E-state index contributed by atoms with van der Waals surface area (Å²) in [6, 6.07) is 17.6. The number of carbonyl (C=O) groups is 1. The van der Waals surface area contributed by atoms with E-state index in [1.807, 2.05) is 54.6 Å². The first kappa shape index (κ1) is 14.9. The van der Waals surface area contributed by atoms with Gasteiger partial charge < -0.3 is 5.11 Å². The lowest BCUT2D eigenvalue weighted by molar-refractivity contribution is -0.136. The lowest BCUT2D eigenvalue weighted by Gasteiger charge is -2.00. The van der Waals surface area contributed by atoms with Crippen molar-refractivity contribution < 1.29 is 9.90 Å². The summed E-state index contributed by atoms with van der Waals surface area (Å²) in [6.07, 6.45) is -0.0180. The number of rotatable bonds is 4. The number of carboxylic acids is 1. The number of aromatic nitrogens is 1. The van der Waals surface area contributed by atoms with Crippen LogP contribution in [0.4, 0.5) is 0 Å². The third-order valence-corrected chi connectivity index (χ3v) is 4.78. The molecule has 0 radical (unpaired) electrons. The van der Waals surface area contributed by atoms with Gasteiger partial charge in [-0.2, -0.15) is 0 Å². The highest BCUT2D eigenvalue weighted by atomic mass is 79.9. The zero-order valence-electron chi connectivity index (χ0n) is 11.5. The molecule has 0 atom stereocenters.